The molecular formula is C18H25FN2O2. The fourth-order valence-corrected chi connectivity index (χ4v) is 2.85. The summed E-state index contributed by atoms with van der Waals surface area (Å²) in [6.45, 7) is 3.68. The highest BCUT2D eigenvalue weighted by Crippen LogP contribution is 2.11. The smallest absolute Gasteiger partial charge is 0.242 e. The molecule has 0 spiro atoms. The maximum absolute atomic E-state index is 12.9. The number of likely N-dealkylation sites (tertiary alicyclic amines) is 1. The fraction of sp³-hybridized carbons (Fsp3) is 0.556. The number of amides is 2. The lowest BCUT2D eigenvalue weighted by Crippen LogP contribution is -2.43. The van der Waals surface area contributed by atoms with Gasteiger partial charge in [0.15, 0.2) is 0 Å². The molecule has 1 aliphatic rings. The lowest BCUT2D eigenvalue weighted by atomic mass is 10.1. The van der Waals surface area contributed by atoms with Gasteiger partial charge in [-0.2, -0.15) is 0 Å². The molecule has 1 aromatic carbocycles. The summed E-state index contributed by atoms with van der Waals surface area (Å²) in [5.41, 5.74) is 0.958. The van der Waals surface area contributed by atoms with Crippen molar-refractivity contribution in [2.24, 2.45) is 0 Å². The average molecular weight is 320 g/mol. The van der Waals surface area contributed by atoms with E-state index in [9.17, 15) is 14.0 Å². The summed E-state index contributed by atoms with van der Waals surface area (Å²) in [4.78, 5) is 27.7. The molecule has 1 heterocycles. The first-order chi connectivity index (χ1) is 11.1. The van der Waals surface area contributed by atoms with Crippen molar-refractivity contribution in [2.45, 2.75) is 39.0 Å². The highest BCUT2D eigenvalue weighted by molar-refractivity contribution is 5.83. The Bertz CT molecular complexity index is 522. The van der Waals surface area contributed by atoms with Gasteiger partial charge in [0.1, 0.15) is 5.82 Å². The molecule has 2 rings (SSSR count). The molecule has 126 valence electrons. The lowest BCUT2D eigenvalue weighted by Gasteiger charge is -2.26. The molecule has 1 saturated heterocycles. The van der Waals surface area contributed by atoms with Crippen molar-refractivity contribution in [3.8, 4) is 0 Å². The van der Waals surface area contributed by atoms with Crippen molar-refractivity contribution in [2.75, 3.05) is 26.2 Å². The predicted octanol–water partition coefficient (Wildman–Crippen LogP) is 2.62. The zero-order chi connectivity index (χ0) is 16.7. The molecule has 0 N–H and O–H groups in total. The number of carbonyl (C=O) groups excluding carboxylic acids is 2. The SMILES string of the molecule is CC(=O)N(CCc1ccc(F)cc1)CC(=O)N1CCCCCC1. The monoisotopic (exact) mass is 320 g/mol. The number of carbonyl (C=O) groups is 2. The molecule has 1 fully saturated rings. The van der Waals surface area contributed by atoms with Crippen LogP contribution in [-0.2, 0) is 16.0 Å². The largest absolute Gasteiger partial charge is 0.341 e. The topological polar surface area (TPSA) is 40.6 Å². The number of nitrogens with zero attached hydrogens (tertiary/aromatic N) is 2. The molecule has 5 heteroatoms. The van der Waals surface area contributed by atoms with Gasteiger partial charge in [0.25, 0.3) is 0 Å². The van der Waals surface area contributed by atoms with E-state index < -0.39 is 0 Å². The molecule has 4 nitrogen and oxygen atoms in total. The van der Waals surface area contributed by atoms with Crippen molar-refractivity contribution in [3.05, 3.63) is 35.6 Å². The van der Waals surface area contributed by atoms with Gasteiger partial charge in [-0.25, -0.2) is 4.39 Å². The first kappa shape index (κ1) is 17.4. The van der Waals surface area contributed by atoms with Gasteiger partial charge in [-0.05, 0) is 37.0 Å². The second kappa shape index (κ2) is 8.65. The first-order valence-electron chi connectivity index (χ1n) is 8.34. The van der Waals surface area contributed by atoms with E-state index >= 15 is 0 Å². The molecule has 1 aliphatic heterocycles. The van der Waals surface area contributed by atoms with Crippen LogP contribution in [0, 0.1) is 5.82 Å². The first-order valence-corrected chi connectivity index (χ1v) is 8.34. The summed E-state index contributed by atoms with van der Waals surface area (Å²) in [6.07, 6.45) is 5.05. The molecule has 0 radical (unpaired) electrons. The average Bonchev–Trinajstić information content (AvgIpc) is 2.81. The number of hydrogen-bond acceptors (Lipinski definition) is 2. The van der Waals surface area contributed by atoms with Crippen LogP contribution in [0.15, 0.2) is 24.3 Å². The van der Waals surface area contributed by atoms with Crippen LogP contribution in [0.5, 0.6) is 0 Å². The van der Waals surface area contributed by atoms with Crippen LogP contribution in [0.4, 0.5) is 4.39 Å². The summed E-state index contributed by atoms with van der Waals surface area (Å²) in [5.74, 6) is -0.343. The Hall–Kier alpha value is -1.91. The molecule has 0 aliphatic carbocycles. The summed E-state index contributed by atoms with van der Waals surface area (Å²) in [7, 11) is 0. The van der Waals surface area contributed by atoms with E-state index in [-0.39, 0.29) is 24.2 Å². The Morgan fingerprint density at radius 1 is 1.09 bits per heavy atom. The molecule has 0 aromatic heterocycles. The normalized spacial score (nSPS) is 15.1. The van der Waals surface area contributed by atoms with E-state index in [2.05, 4.69) is 0 Å². The highest BCUT2D eigenvalue weighted by atomic mass is 19.1. The minimum absolute atomic E-state index is 0.0289. The van der Waals surface area contributed by atoms with Crippen LogP contribution < -0.4 is 0 Å². The van der Waals surface area contributed by atoms with Gasteiger partial charge in [0.2, 0.25) is 11.8 Å². The maximum Gasteiger partial charge on any atom is 0.242 e. The van der Waals surface area contributed by atoms with Gasteiger partial charge in [0, 0.05) is 26.6 Å². The van der Waals surface area contributed by atoms with Gasteiger partial charge >= 0.3 is 0 Å². The van der Waals surface area contributed by atoms with E-state index in [0.29, 0.717) is 13.0 Å². The van der Waals surface area contributed by atoms with Crippen LogP contribution in [-0.4, -0.2) is 47.8 Å². The predicted molar refractivity (Wildman–Crippen MR) is 87.4 cm³/mol. The minimum Gasteiger partial charge on any atom is -0.341 e. The van der Waals surface area contributed by atoms with Crippen molar-refractivity contribution in [1.29, 1.82) is 0 Å². The van der Waals surface area contributed by atoms with Crippen LogP contribution in [0.25, 0.3) is 0 Å². The van der Waals surface area contributed by atoms with E-state index in [0.717, 1.165) is 31.5 Å². The summed E-state index contributed by atoms with van der Waals surface area (Å²) >= 11 is 0. The summed E-state index contributed by atoms with van der Waals surface area (Å²) in [6, 6.07) is 6.25. The molecule has 0 unspecified atom stereocenters. The second-order valence-electron chi connectivity index (χ2n) is 6.11. The number of hydrogen-bond donors (Lipinski definition) is 0. The Morgan fingerprint density at radius 3 is 2.26 bits per heavy atom. The third-order valence-electron chi connectivity index (χ3n) is 4.31. The molecule has 0 atom stereocenters. The maximum atomic E-state index is 12.9. The molecule has 0 bridgehead atoms. The highest BCUT2D eigenvalue weighted by Gasteiger charge is 2.20. The van der Waals surface area contributed by atoms with Gasteiger partial charge in [-0.3, -0.25) is 9.59 Å². The number of halogens is 1. The quantitative estimate of drug-likeness (QED) is 0.837. The summed E-state index contributed by atoms with van der Waals surface area (Å²) in [5, 5.41) is 0. The third-order valence-corrected chi connectivity index (χ3v) is 4.31. The van der Waals surface area contributed by atoms with E-state index in [4.69, 9.17) is 0 Å². The van der Waals surface area contributed by atoms with Crippen LogP contribution >= 0.6 is 0 Å². The van der Waals surface area contributed by atoms with Gasteiger partial charge < -0.3 is 9.80 Å². The van der Waals surface area contributed by atoms with Gasteiger partial charge in [-0.15, -0.1) is 0 Å². The number of rotatable bonds is 5. The van der Waals surface area contributed by atoms with E-state index in [1.807, 2.05) is 4.90 Å². The molecule has 23 heavy (non-hydrogen) atoms. The van der Waals surface area contributed by atoms with Crippen LogP contribution in [0.2, 0.25) is 0 Å². The van der Waals surface area contributed by atoms with Crippen LogP contribution in [0.3, 0.4) is 0 Å². The summed E-state index contributed by atoms with van der Waals surface area (Å²) < 4.78 is 12.9. The molecular weight excluding hydrogens is 295 g/mol. The fourth-order valence-electron chi connectivity index (χ4n) is 2.85. The Balaban J connectivity index is 1.88. The zero-order valence-corrected chi connectivity index (χ0v) is 13.8. The van der Waals surface area contributed by atoms with Crippen molar-refractivity contribution in [1.82, 2.24) is 9.80 Å². The molecule has 2 amide bonds. The minimum atomic E-state index is -0.270. The zero-order valence-electron chi connectivity index (χ0n) is 13.8. The van der Waals surface area contributed by atoms with Crippen molar-refractivity contribution < 1.29 is 14.0 Å². The Labute approximate surface area is 137 Å². The number of benzene rings is 1. The lowest BCUT2D eigenvalue weighted by molar-refractivity contribution is -0.139. The molecule has 0 saturated carbocycles. The van der Waals surface area contributed by atoms with Crippen molar-refractivity contribution in [3.63, 3.8) is 0 Å². The third kappa shape index (κ3) is 5.66. The van der Waals surface area contributed by atoms with E-state index in [1.54, 1.807) is 17.0 Å². The van der Waals surface area contributed by atoms with E-state index in [1.165, 1.54) is 31.9 Å². The van der Waals surface area contributed by atoms with Crippen LogP contribution in [0.1, 0.15) is 38.2 Å². The standard InChI is InChI=1S/C18H25FN2O2/c1-15(22)21(13-10-16-6-8-17(19)9-7-16)14-18(23)20-11-4-2-3-5-12-20/h6-9H,2-5,10-14H2,1H3. The second-order valence-corrected chi connectivity index (χ2v) is 6.11. The molecule has 1 aromatic rings. The van der Waals surface area contributed by atoms with Gasteiger partial charge in [-0.1, -0.05) is 25.0 Å². The Kier molecular flexibility index (Phi) is 6.56. The van der Waals surface area contributed by atoms with Crippen molar-refractivity contribution >= 4 is 11.8 Å². The Morgan fingerprint density at radius 2 is 1.70 bits per heavy atom. The van der Waals surface area contributed by atoms with Gasteiger partial charge in [0.05, 0.1) is 6.54 Å².